The fourth-order valence-corrected chi connectivity index (χ4v) is 6.68. The molecule has 3 heterocycles. The van der Waals surface area contributed by atoms with Crippen LogP contribution in [-0.2, 0) is 22.5 Å². The van der Waals surface area contributed by atoms with Gasteiger partial charge in [-0.25, -0.2) is 4.98 Å². The molecule has 0 spiro atoms. The van der Waals surface area contributed by atoms with E-state index in [2.05, 4.69) is 19.2 Å². The Kier molecular flexibility index (Phi) is 6.58. The summed E-state index contributed by atoms with van der Waals surface area (Å²) in [5.41, 5.74) is 1.97. The molecule has 2 aliphatic rings. The number of benzene rings is 1. The van der Waals surface area contributed by atoms with Crippen LogP contribution < -0.4 is 10.9 Å². The number of hydrogen-bond donors (Lipinski definition) is 1. The number of carbonyl (C=O) groups is 1. The van der Waals surface area contributed by atoms with Gasteiger partial charge in [-0.05, 0) is 50.2 Å². The van der Waals surface area contributed by atoms with Crippen LogP contribution in [0.4, 0.5) is 0 Å². The van der Waals surface area contributed by atoms with Crippen LogP contribution in [0.3, 0.4) is 0 Å². The van der Waals surface area contributed by atoms with Gasteiger partial charge in [0.25, 0.3) is 5.56 Å². The van der Waals surface area contributed by atoms with Crippen LogP contribution in [-0.4, -0.2) is 34.2 Å². The van der Waals surface area contributed by atoms with Gasteiger partial charge < -0.3 is 10.1 Å². The van der Waals surface area contributed by atoms with Crippen LogP contribution in [0.15, 0.2) is 40.3 Å². The number of nitrogens with one attached hydrogen (secondary N) is 1. The molecular weight excluding hydrogens is 454 g/mol. The van der Waals surface area contributed by atoms with Gasteiger partial charge in [0.2, 0.25) is 5.91 Å². The highest BCUT2D eigenvalue weighted by Crippen LogP contribution is 2.37. The second-order valence-corrected chi connectivity index (χ2v) is 11.1. The highest BCUT2D eigenvalue weighted by Gasteiger charge is 2.31. The van der Waals surface area contributed by atoms with Crippen molar-refractivity contribution >= 4 is 39.2 Å². The molecule has 1 aliphatic heterocycles. The maximum atomic E-state index is 13.8. The molecule has 3 aromatic rings. The molecule has 0 radical (unpaired) electrons. The van der Waals surface area contributed by atoms with Gasteiger partial charge in [-0.2, -0.15) is 0 Å². The molecule has 33 heavy (non-hydrogen) atoms. The lowest BCUT2D eigenvalue weighted by Crippen LogP contribution is -2.32. The first-order valence-corrected chi connectivity index (χ1v) is 13.4. The van der Waals surface area contributed by atoms with Crippen LogP contribution in [0.1, 0.15) is 53.9 Å². The Hall–Kier alpha value is -2.16. The summed E-state index contributed by atoms with van der Waals surface area (Å²) in [5.74, 6) is -0.0247. The standard InChI is InChI=1S/C25H29N3O3S2/c1-3-19-15(2)32-23-20(19)24(30)28(14-18-10-7-13-31-18)25(27-23)33-21(16-8-5-4-6-9-16)22(29)26-17-11-12-17/h4-6,8-9,17-18,21H,3,7,10-14H2,1-2H3,(H,26,29). The molecule has 1 amide bonds. The molecular formula is C25H29N3O3S2. The molecule has 1 saturated carbocycles. The first kappa shape index (κ1) is 22.6. The first-order chi connectivity index (χ1) is 16.0. The number of rotatable bonds is 8. The van der Waals surface area contributed by atoms with Gasteiger partial charge in [-0.3, -0.25) is 14.2 Å². The largest absolute Gasteiger partial charge is 0.376 e. The van der Waals surface area contributed by atoms with Crippen molar-refractivity contribution in [3.8, 4) is 0 Å². The van der Waals surface area contributed by atoms with Crippen molar-refractivity contribution in [3.05, 3.63) is 56.7 Å². The normalized spacial score (nSPS) is 19.2. The van der Waals surface area contributed by atoms with Crippen LogP contribution in [0.25, 0.3) is 10.2 Å². The molecule has 6 nitrogen and oxygen atoms in total. The lowest BCUT2D eigenvalue weighted by Gasteiger charge is -2.20. The first-order valence-electron chi connectivity index (χ1n) is 11.7. The van der Waals surface area contributed by atoms with Crippen molar-refractivity contribution in [2.45, 2.75) is 75.0 Å². The molecule has 174 valence electrons. The van der Waals surface area contributed by atoms with Crippen molar-refractivity contribution in [3.63, 3.8) is 0 Å². The zero-order valence-electron chi connectivity index (χ0n) is 19.0. The van der Waals surface area contributed by atoms with E-state index < -0.39 is 5.25 Å². The Morgan fingerprint density at radius 3 is 2.76 bits per heavy atom. The van der Waals surface area contributed by atoms with Crippen molar-refractivity contribution < 1.29 is 9.53 Å². The summed E-state index contributed by atoms with van der Waals surface area (Å²) < 4.78 is 7.62. The average molecular weight is 484 g/mol. The number of carbonyl (C=O) groups excluding carboxylic acids is 1. The van der Waals surface area contributed by atoms with Crippen molar-refractivity contribution in [1.82, 2.24) is 14.9 Å². The van der Waals surface area contributed by atoms with Crippen LogP contribution in [0.5, 0.6) is 0 Å². The quantitative estimate of drug-likeness (QED) is 0.374. The van der Waals surface area contributed by atoms with Gasteiger partial charge in [-0.1, -0.05) is 49.0 Å². The minimum atomic E-state index is -0.474. The summed E-state index contributed by atoms with van der Waals surface area (Å²) in [6.07, 6.45) is 4.79. The number of thiophene rings is 1. The van der Waals surface area contributed by atoms with E-state index in [0.717, 1.165) is 64.9 Å². The Bertz CT molecular complexity index is 1210. The smallest absolute Gasteiger partial charge is 0.263 e. The lowest BCUT2D eigenvalue weighted by atomic mass is 10.1. The fourth-order valence-electron chi connectivity index (χ4n) is 4.41. The van der Waals surface area contributed by atoms with E-state index in [4.69, 9.17) is 9.72 Å². The second kappa shape index (κ2) is 9.60. The molecule has 2 fully saturated rings. The van der Waals surface area contributed by atoms with Crippen LogP contribution >= 0.6 is 23.1 Å². The molecule has 8 heteroatoms. The van der Waals surface area contributed by atoms with E-state index >= 15 is 0 Å². The summed E-state index contributed by atoms with van der Waals surface area (Å²) in [5, 5.41) is 3.98. The third-order valence-corrected chi connectivity index (χ3v) is 8.61. The number of fused-ring (bicyclic) bond motifs is 1. The van der Waals surface area contributed by atoms with Crippen molar-refractivity contribution in [2.24, 2.45) is 0 Å². The Balaban J connectivity index is 1.59. The van der Waals surface area contributed by atoms with Gasteiger partial charge in [0.15, 0.2) is 5.16 Å². The highest BCUT2D eigenvalue weighted by molar-refractivity contribution is 8.00. The summed E-state index contributed by atoms with van der Waals surface area (Å²) in [4.78, 5) is 33.9. The minimum absolute atomic E-state index is 0.00146. The van der Waals surface area contributed by atoms with E-state index in [-0.39, 0.29) is 23.6 Å². The van der Waals surface area contributed by atoms with E-state index in [9.17, 15) is 9.59 Å². The van der Waals surface area contributed by atoms with E-state index in [1.807, 2.05) is 30.3 Å². The molecule has 1 N–H and O–H groups in total. The van der Waals surface area contributed by atoms with Gasteiger partial charge in [-0.15, -0.1) is 11.3 Å². The maximum absolute atomic E-state index is 13.8. The van der Waals surface area contributed by atoms with Crippen molar-refractivity contribution in [2.75, 3.05) is 6.61 Å². The van der Waals surface area contributed by atoms with Gasteiger partial charge in [0.1, 0.15) is 10.1 Å². The number of aryl methyl sites for hydroxylation is 2. The molecule has 2 unspecified atom stereocenters. The maximum Gasteiger partial charge on any atom is 0.263 e. The predicted molar refractivity (Wildman–Crippen MR) is 133 cm³/mol. The zero-order valence-corrected chi connectivity index (χ0v) is 20.6. The number of hydrogen-bond acceptors (Lipinski definition) is 6. The van der Waals surface area contributed by atoms with Crippen LogP contribution in [0, 0.1) is 6.92 Å². The third-order valence-electron chi connectivity index (χ3n) is 6.33. The third kappa shape index (κ3) is 4.74. The molecule has 0 bridgehead atoms. The molecule has 5 rings (SSSR count). The van der Waals surface area contributed by atoms with E-state index in [1.165, 1.54) is 11.8 Å². The van der Waals surface area contributed by atoms with Gasteiger partial charge in [0, 0.05) is 17.5 Å². The topological polar surface area (TPSA) is 73.2 Å². The Morgan fingerprint density at radius 1 is 1.30 bits per heavy atom. The minimum Gasteiger partial charge on any atom is -0.376 e. The summed E-state index contributed by atoms with van der Waals surface area (Å²) in [6.45, 7) is 5.33. The zero-order chi connectivity index (χ0) is 22.9. The fraction of sp³-hybridized carbons (Fsp3) is 0.480. The monoisotopic (exact) mass is 483 g/mol. The summed E-state index contributed by atoms with van der Waals surface area (Å²) in [6, 6.07) is 10.0. The Morgan fingerprint density at radius 2 is 2.09 bits per heavy atom. The van der Waals surface area contributed by atoms with Gasteiger partial charge >= 0.3 is 0 Å². The van der Waals surface area contributed by atoms with E-state index in [0.29, 0.717) is 11.7 Å². The van der Waals surface area contributed by atoms with E-state index in [1.54, 1.807) is 15.9 Å². The summed E-state index contributed by atoms with van der Waals surface area (Å²) in [7, 11) is 0. The highest BCUT2D eigenvalue weighted by atomic mass is 32.2. The average Bonchev–Trinajstić information content (AvgIpc) is 3.35. The predicted octanol–water partition coefficient (Wildman–Crippen LogP) is 4.62. The number of thioether (sulfide) groups is 1. The molecule has 1 saturated heterocycles. The number of ether oxygens (including phenoxy) is 1. The van der Waals surface area contributed by atoms with Crippen LogP contribution in [0.2, 0.25) is 0 Å². The number of nitrogens with zero attached hydrogens (tertiary/aromatic N) is 2. The van der Waals surface area contributed by atoms with Gasteiger partial charge in [0.05, 0.1) is 18.0 Å². The molecule has 2 aromatic heterocycles. The molecule has 1 aromatic carbocycles. The Labute approximate surface area is 201 Å². The second-order valence-electron chi connectivity index (χ2n) is 8.81. The van der Waals surface area contributed by atoms with Crippen molar-refractivity contribution in [1.29, 1.82) is 0 Å². The lowest BCUT2D eigenvalue weighted by molar-refractivity contribution is -0.120. The SMILES string of the molecule is CCc1c(C)sc2nc(SC(C(=O)NC3CC3)c3ccccc3)n(CC3CCCO3)c(=O)c12. The number of aromatic nitrogens is 2. The molecule has 1 aliphatic carbocycles. The number of amides is 1. The summed E-state index contributed by atoms with van der Waals surface area (Å²) >= 11 is 2.94. The molecule has 2 atom stereocenters.